The van der Waals surface area contributed by atoms with Crippen LogP contribution in [0, 0.1) is 0 Å². The minimum absolute atomic E-state index is 0.0305. The molecule has 6 nitrogen and oxygen atoms in total. The van der Waals surface area contributed by atoms with Gasteiger partial charge in [0.05, 0.1) is 0 Å². The van der Waals surface area contributed by atoms with Gasteiger partial charge in [-0.1, -0.05) is 0 Å². The third kappa shape index (κ3) is 10.5. The lowest BCUT2D eigenvalue weighted by molar-refractivity contribution is -0.124. The van der Waals surface area contributed by atoms with E-state index in [9.17, 15) is 9.59 Å². The molecule has 0 unspecified atom stereocenters. The Bertz CT molecular complexity index is 260. The van der Waals surface area contributed by atoms with Crippen molar-refractivity contribution in [3.05, 3.63) is 0 Å². The molecule has 0 aliphatic heterocycles. The molecule has 0 heterocycles. The van der Waals surface area contributed by atoms with Crippen LogP contribution in [-0.2, 0) is 9.59 Å². The van der Waals surface area contributed by atoms with Gasteiger partial charge in [0, 0.05) is 25.9 Å². The maximum atomic E-state index is 11.2. The quantitative estimate of drug-likeness (QED) is 0.296. The van der Waals surface area contributed by atoms with Crippen molar-refractivity contribution in [2.45, 2.75) is 32.6 Å². The van der Waals surface area contributed by atoms with Crippen molar-refractivity contribution in [3.8, 4) is 0 Å². The fraction of sp³-hybridized carbons (Fsp3) is 0.700. The topological polar surface area (TPSA) is 111 Å². The molecule has 0 saturated carbocycles. The summed E-state index contributed by atoms with van der Waals surface area (Å²) in [5, 5.41) is 2.72. The SMILES string of the molecule is CC(=O)CCC(=O)NCCCCN=C(N)N. The number of hydrogen-bond donors (Lipinski definition) is 3. The number of carbonyl (C=O) groups is 2. The van der Waals surface area contributed by atoms with E-state index in [-0.39, 0.29) is 24.1 Å². The smallest absolute Gasteiger partial charge is 0.220 e. The summed E-state index contributed by atoms with van der Waals surface area (Å²) < 4.78 is 0. The van der Waals surface area contributed by atoms with E-state index in [1.807, 2.05) is 0 Å². The van der Waals surface area contributed by atoms with E-state index in [1.54, 1.807) is 0 Å². The second kappa shape index (κ2) is 8.70. The molecule has 6 heteroatoms. The molecule has 92 valence electrons. The first-order valence-electron chi connectivity index (χ1n) is 5.34. The minimum Gasteiger partial charge on any atom is -0.370 e. The van der Waals surface area contributed by atoms with Gasteiger partial charge in [-0.15, -0.1) is 0 Å². The summed E-state index contributed by atoms with van der Waals surface area (Å²) in [5.74, 6) is 0.0328. The van der Waals surface area contributed by atoms with E-state index >= 15 is 0 Å². The van der Waals surface area contributed by atoms with Crippen LogP contribution < -0.4 is 16.8 Å². The van der Waals surface area contributed by atoms with Crippen LogP contribution in [0.4, 0.5) is 0 Å². The van der Waals surface area contributed by atoms with Crippen molar-refractivity contribution >= 4 is 17.6 Å². The maximum Gasteiger partial charge on any atom is 0.220 e. The van der Waals surface area contributed by atoms with Gasteiger partial charge in [-0.2, -0.15) is 0 Å². The Labute approximate surface area is 95.5 Å². The highest BCUT2D eigenvalue weighted by molar-refractivity contribution is 5.83. The summed E-state index contributed by atoms with van der Waals surface area (Å²) in [6, 6.07) is 0. The second-order valence-corrected chi connectivity index (χ2v) is 3.57. The Morgan fingerprint density at radius 1 is 1.19 bits per heavy atom. The molecule has 0 fully saturated rings. The molecule has 0 atom stereocenters. The van der Waals surface area contributed by atoms with Gasteiger partial charge in [0.15, 0.2) is 5.96 Å². The zero-order valence-corrected chi connectivity index (χ0v) is 9.66. The molecule has 0 aromatic carbocycles. The van der Waals surface area contributed by atoms with E-state index in [1.165, 1.54) is 6.92 Å². The molecule has 0 bridgehead atoms. The zero-order chi connectivity index (χ0) is 12.4. The summed E-state index contributed by atoms with van der Waals surface area (Å²) >= 11 is 0. The summed E-state index contributed by atoms with van der Waals surface area (Å²) in [6.45, 7) is 2.64. The van der Waals surface area contributed by atoms with E-state index in [2.05, 4.69) is 10.3 Å². The summed E-state index contributed by atoms with van der Waals surface area (Å²) in [7, 11) is 0. The lowest BCUT2D eigenvalue weighted by Gasteiger charge is -2.03. The van der Waals surface area contributed by atoms with Gasteiger partial charge < -0.3 is 21.6 Å². The molecule has 0 aliphatic carbocycles. The standard InChI is InChI=1S/C10H20N4O2/c1-8(15)4-5-9(16)13-6-2-3-7-14-10(11)12/h2-7H2,1H3,(H,13,16)(H4,11,12,14). The van der Waals surface area contributed by atoms with Crippen molar-refractivity contribution in [2.24, 2.45) is 16.5 Å². The highest BCUT2D eigenvalue weighted by Crippen LogP contribution is 1.92. The number of rotatable bonds is 8. The predicted molar refractivity (Wildman–Crippen MR) is 62.8 cm³/mol. The average Bonchev–Trinajstić information content (AvgIpc) is 2.19. The molecular formula is C10H20N4O2. The number of nitrogens with two attached hydrogens (primary N) is 2. The first-order valence-corrected chi connectivity index (χ1v) is 5.34. The van der Waals surface area contributed by atoms with Crippen molar-refractivity contribution < 1.29 is 9.59 Å². The van der Waals surface area contributed by atoms with Gasteiger partial charge in [0.25, 0.3) is 0 Å². The molecule has 16 heavy (non-hydrogen) atoms. The van der Waals surface area contributed by atoms with E-state index in [0.717, 1.165) is 12.8 Å². The largest absolute Gasteiger partial charge is 0.370 e. The molecule has 0 radical (unpaired) electrons. The van der Waals surface area contributed by atoms with Crippen LogP contribution in [0.2, 0.25) is 0 Å². The molecule has 0 aromatic rings. The third-order valence-corrected chi connectivity index (χ3v) is 1.91. The number of nitrogens with one attached hydrogen (secondary N) is 1. The van der Waals surface area contributed by atoms with Crippen molar-refractivity contribution in [3.63, 3.8) is 0 Å². The lowest BCUT2D eigenvalue weighted by Crippen LogP contribution is -2.25. The van der Waals surface area contributed by atoms with Crippen molar-refractivity contribution in [1.29, 1.82) is 0 Å². The average molecular weight is 228 g/mol. The van der Waals surface area contributed by atoms with Crippen LogP contribution in [0.15, 0.2) is 4.99 Å². The molecule has 0 spiro atoms. The number of unbranched alkanes of at least 4 members (excludes halogenated alkanes) is 1. The van der Waals surface area contributed by atoms with Crippen molar-refractivity contribution in [1.82, 2.24) is 5.32 Å². The van der Waals surface area contributed by atoms with Crippen LogP contribution in [0.5, 0.6) is 0 Å². The number of hydrogen-bond acceptors (Lipinski definition) is 3. The number of nitrogens with zero attached hydrogens (tertiary/aromatic N) is 1. The van der Waals surface area contributed by atoms with Gasteiger partial charge in [-0.05, 0) is 19.8 Å². The highest BCUT2D eigenvalue weighted by atomic mass is 16.2. The normalized spacial score (nSPS) is 9.56. The minimum atomic E-state index is -0.0861. The molecular weight excluding hydrogens is 208 g/mol. The molecule has 0 rings (SSSR count). The highest BCUT2D eigenvalue weighted by Gasteiger charge is 2.01. The number of ketones is 1. The number of Topliss-reactive ketones (excluding diaryl/α,β-unsaturated/α-hetero) is 1. The number of guanidine groups is 1. The first kappa shape index (κ1) is 14.4. The maximum absolute atomic E-state index is 11.2. The van der Waals surface area contributed by atoms with Gasteiger partial charge in [-0.3, -0.25) is 9.79 Å². The number of amides is 1. The molecule has 0 aliphatic rings. The molecule has 0 saturated heterocycles. The molecule has 0 aromatic heterocycles. The van der Waals surface area contributed by atoms with Crippen LogP contribution in [0.1, 0.15) is 32.6 Å². The first-order chi connectivity index (χ1) is 7.52. The Kier molecular flexibility index (Phi) is 7.83. The van der Waals surface area contributed by atoms with Gasteiger partial charge in [0.1, 0.15) is 5.78 Å². The Balaban J connectivity index is 3.34. The summed E-state index contributed by atoms with van der Waals surface area (Å²) in [4.78, 5) is 25.6. The van der Waals surface area contributed by atoms with Crippen LogP contribution in [0.3, 0.4) is 0 Å². The van der Waals surface area contributed by atoms with E-state index in [4.69, 9.17) is 11.5 Å². The Morgan fingerprint density at radius 3 is 2.44 bits per heavy atom. The van der Waals surface area contributed by atoms with Crippen LogP contribution >= 0.6 is 0 Å². The predicted octanol–water partition coefficient (Wildman–Crippen LogP) is -0.475. The van der Waals surface area contributed by atoms with Gasteiger partial charge >= 0.3 is 0 Å². The summed E-state index contributed by atoms with van der Waals surface area (Å²) in [5.41, 5.74) is 10.3. The number of carbonyl (C=O) groups excluding carboxylic acids is 2. The van der Waals surface area contributed by atoms with Gasteiger partial charge in [-0.25, -0.2) is 0 Å². The van der Waals surface area contributed by atoms with Crippen LogP contribution in [0.25, 0.3) is 0 Å². The fourth-order valence-electron chi connectivity index (χ4n) is 1.05. The second-order valence-electron chi connectivity index (χ2n) is 3.57. The fourth-order valence-corrected chi connectivity index (χ4v) is 1.05. The lowest BCUT2D eigenvalue weighted by atomic mass is 10.2. The molecule has 5 N–H and O–H groups in total. The zero-order valence-electron chi connectivity index (χ0n) is 9.66. The monoisotopic (exact) mass is 228 g/mol. The van der Waals surface area contributed by atoms with Crippen LogP contribution in [-0.4, -0.2) is 30.7 Å². The Hall–Kier alpha value is -1.59. The van der Waals surface area contributed by atoms with E-state index < -0.39 is 0 Å². The Morgan fingerprint density at radius 2 is 1.88 bits per heavy atom. The van der Waals surface area contributed by atoms with Crippen molar-refractivity contribution in [2.75, 3.05) is 13.1 Å². The number of aliphatic imine (C=N–C) groups is 1. The van der Waals surface area contributed by atoms with E-state index in [0.29, 0.717) is 19.5 Å². The third-order valence-electron chi connectivity index (χ3n) is 1.91. The molecule has 1 amide bonds. The summed E-state index contributed by atoms with van der Waals surface area (Å²) in [6.07, 6.45) is 2.22. The van der Waals surface area contributed by atoms with Gasteiger partial charge in [0.2, 0.25) is 5.91 Å².